The maximum atomic E-state index is 8.21. The molecule has 0 aliphatic carbocycles. The van der Waals surface area contributed by atoms with Crippen molar-refractivity contribution >= 4 is 17.7 Å². The van der Waals surface area contributed by atoms with Crippen LogP contribution in [0.15, 0.2) is 24.4 Å². The van der Waals surface area contributed by atoms with Gasteiger partial charge in [0, 0.05) is 12.3 Å². The van der Waals surface area contributed by atoms with Gasteiger partial charge >= 0.3 is 0 Å². The third-order valence-corrected chi connectivity index (χ3v) is 1.42. The molecule has 1 aromatic heterocycles. The average molecular weight is 165 g/mol. The van der Waals surface area contributed by atoms with Crippen LogP contribution < -0.4 is 0 Å². The normalized spacial score (nSPS) is 9.82. The van der Waals surface area contributed by atoms with Gasteiger partial charge in [-0.15, -0.1) is 0 Å². The highest BCUT2D eigenvalue weighted by Crippen LogP contribution is 2.12. The van der Waals surface area contributed by atoms with E-state index < -0.39 is 0 Å². The first kappa shape index (κ1) is 7.77. The minimum atomic E-state index is 0.555. The Hall–Kier alpha value is -1.33. The molecule has 0 bridgehead atoms. The van der Waals surface area contributed by atoms with Crippen LogP contribution in [0, 0.1) is 11.3 Å². The number of hydrogen-bond acceptors (Lipinski definition) is 2. The van der Waals surface area contributed by atoms with Crippen LogP contribution in [0.2, 0.25) is 5.02 Å². The molecule has 0 amide bonds. The number of halogens is 1. The maximum Gasteiger partial charge on any atom is 0.0912 e. The van der Waals surface area contributed by atoms with Crippen molar-refractivity contribution in [1.82, 2.24) is 4.98 Å². The highest BCUT2D eigenvalue weighted by molar-refractivity contribution is 6.31. The molecule has 11 heavy (non-hydrogen) atoms. The molecular weight excluding hydrogens is 160 g/mol. The van der Waals surface area contributed by atoms with Crippen LogP contribution in [0.5, 0.6) is 0 Å². The minimum absolute atomic E-state index is 0.555. The zero-order valence-corrected chi connectivity index (χ0v) is 6.42. The molecule has 0 saturated heterocycles. The molecule has 0 unspecified atom stereocenters. The van der Waals surface area contributed by atoms with E-state index >= 15 is 0 Å². The van der Waals surface area contributed by atoms with Gasteiger partial charge in [0.05, 0.1) is 16.8 Å². The van der Waals surface area contributed by atoms with E-state index in [4.69, 9.17) is 16.9 Å². The molecule has 0 atom stereocenters. The second-order valence-electron chi connectivity index (χ2n) is 1.83. The third-order valence-electron chi connectivity index (χ3n) is 1.10. The van der Waals surface area contributed by atoms with E-state index in [2.05, 4.69) is 4.98 Å². The van der Waals surface area contributed by atoms with E-state index in [9.17, 15) is 0 Å². The van der Waals surface area contributed by atoms with Gasteiger partial charge in [0.15, 0.2) is 0 Å². The number of pyridine rings is 1. The van der Waals surface area contributed by atoms with Gasteiger partial charge in [0.2, 0.25) is 0 Å². The lowest BCUT2D eigenvalue weighted by atomic mass is 10.3. The lowest BCUT2D eigenvalue weighted by Gasteiger charge is -1.92. The number of rotatable bonds is 1. The van der Waals surface area contributed by atoms with E-state index in [0.717, 1.165) is 0 Å². The van der Waals surface area contributed by atoms with Crippen molar-refractivity contribution in [2.75, 3.05) is 0 Å². The average Bonchev–Trinajstić information content (AvgIpc) is 2.03. The Morgan fingerprint density at radius 3 is 3.09 bits per heavy atom. The van der Waals surface area contributed by atoms with Crippen LogP contribution >= 0.6 is 11.6 Å². The zero-order valence-electron chi connectivity index (χ0n) is 5.66. The second-order valence-corrected chi connectivity index (χ2v) is 2.24. The third kappa shape index (κ3) is 2.06. The zero-order chi connectivity index (χ0) is 8.10. The lowest BCUT2D eigenvalue weighted by molar-refractivity contribution is 1.30. The molecular formula is C8H5ClN2. The molecule has 0 N–H and O–H groups in total. The Labute approximate surface area is 69.8 Å². The van der Waals surface area contributed by atoms with E-state index in [-0.39, 0.29) is 0 Å². The van der Waals surface area contributed by atoms with Gasteiger partial charge in [-0.25, -0.2) is 0 Å². The summed E-state index contributed by atoms with van der Waals surface area (Å²) in [4.78, 5) is 3.95. The summed E-state index contributed by atoms with van der Waals surface area (Å²) in [6, 6.07) is 5.33. The molecule has 0 radical (unpaired) electrons. The topological polar surface area (TPSA) is 36.7 Å². The summed E-state index contributed by atoms with van der Waals surface area (Å²) in [7, 11) is 0. The first-order valence-corrected chi connectivity index (χ1v) is 3.39. The fraction of sp³-hybridized carbons (Fsp3) is 0. The fourth-order valence-corrected chi connectivity index (χ4v) is 0.821. The molecule has 3 heteroatoms. The molecule has 1 heterocycles. The summed E-state index contributed by atoms with van der Waals surface area (Å²) < 4.78 is 0. The van der Waals surface area contributed by atoms with Gasteiger partial charge in [0.25, 0.3) is 0 Å². The van der Waals surface area contributed by atoms with Crippen LogP contribution in [0.1, 0.15) is 5.69 Å². The summed E-state index contributed by atoms with van der Waals surface area (Å²) in [5, 5.41) is 8.77. The Balaban J connectivity index is 2.97. The predicted molar refractivity (Wildman–Crippen MR) is 43.9 cm³/mol. The molecule has 54 valence electrons. The number of hydrogen-bond donors (Lipinski definition) is 0. The number of allylic oxidation sites excluding steroid dienone is 1. The first-order valence-electron chi connectivity index (χ1n) is 3.01. The van der Waals surface area contributed by atoms with Crippen molar-refractivity contribution in [2.24, 2.45) is 0 Å². The summed E-state index contributed by atoms with van der Waals surface area (Å²) in [6.45, 7) is 0. The van der Waals surface area contributed by atoms with E-state index in [1.807, 2.05) is 6.07 Å². The SMILES string of the molecule is N#CC=Cc1ncccc1Cl. The molecule has 0 aliphatic rings. The predicted octanol–water partition coefficient (Wildman–Crippen LogP) is 2.27. The van der Waals surface area contributed by atoms with Crippen molar-refractivity contribution in [3.8, 4) is 6.07 Å². The molecule has 1 rings (SSSR count). The Morgan fingerprint density at radius 2 is 2.45 bits per heavy atom. The second kappa shape index (κ2) is 3.75. The fourth-order valence-electron chi connectivity index (χ4n) is 0.637. The van der Waals surface area contributed by atoms with Gasteiger partial charge < -0.3 is 0 Å². The van der Waals surface area contributed by atoms with Crippen molar-refractivity contribution < 1.29 is 0 Å². The highest BCUT2D eigenvalue weighted by Gasteiger charge is 1.92. The molecule has 0 aliphatic heterocycles. The van der Waals surface area contributed by atoms with Crippen LogP contribution in [0.4, 0.5) is 0 Å². The van der Waals surface area contributed by atoms with Crippen molar-refractivity contribution in [3.63, 3.8) is 0 Å². The van der Waals surface area contributed by atoms with Crippen LogP contribution in [-0.4, -0.2) is 4.98 Å². The van der Waals surface area contributed by atoms with Crippen molar-refractivity contribution in [2.45, 2.75) is 0 Å². The number of nitriles is 1. The highest BCUT2D eigenvalue weighted by atomic mass is 35.5. The van der Waals surface area contributed by atoms with Crippen molar-refractivity contribution in [1.29, 1.82) is 5.26 Å². The Morgan fingerprint density at radius 1 is 1.64 bits per heavy atom. The molecule has 0 aromatic carbocycles. The Kier molecular flexibility index (Phi) is 2.65. The van der Waals surface area contributed by atoms with Crippen LogP contribution in [0.25, 0.3) is 6.08 Å². The standard InChI is InChI=1S/C8H5ClN2/c9-7-3-2-6-11-8(7)4-1-5-10/h1-4,6H. The van der Waals surface area contributed by atoms with Crippen LogP contribution in [-0.2, 0) is 0 Å². The largest absolute Gasteiger partial charge is 0.255 e. The lowest BCUT2D eigenvalue weighted by Crippen LogP contribution is -1.78. The van der Waals surface area contributed by atoms with Gasteiger partial charge in [0.1, 0.15) is 0 Å². The van der Waals surface area contributed by atoms with Gasteiger partial charge in [-0.2, -0.15) is 5.26 Å². The maximum absolute atomic E-state index is 8.21. The molecule has 0 saturated carbocycles. The summed E-state index contributed by atoms with van der Waals surface area (Å²) in [5.41, 5.74) is 0.621. The van der Waals surface area contributed by atoms with E-state index in [1.165, 1.54) is 6.08 Å². The first-order chi connectivity index (χ1) is 5.34. The van der Waals surface area contributed by atoms with E-state index in [0.29, 0.717) is 10.7 Å². The van der Waals surface area contributed by atoms with Gasteiger partial charge in [-0.1, -0.05) is 11.6 Å². The van der Waals surface area contributed by atoms with E-state index in [1.54, 1.807) is 24.4 Å². The Bertz CT molecular complexity index is 312. The summed E-state index contributed by atoms with van der Waals surface area (Å²) in [5.74, 6) is 0. The summed E-state index contributed by atoms with van der Waals surface area (Å²) >= 11 is 5.74. The van der Waals surface area contributed by atoms with Gasteiger partial charge in [-0.05, 0) is 18.2 Å². The number of nitrogens with zero attached hydrogens (tertiary/aromatic N) is 2. The molecule has 0 fully saturated rings. The quantitative estimate of drug-likeness (QED) is 0.597. The molecule has 2 nitrogen and oxygen atoms in total. The molecule has 1 aromatic rings. The van der Waals surface area contributed by atoms with Crippen molar-refractivity contribution in [3.05, 3.63) is 35.1 Å². The molecule has 0 spiro atoms. The minimum Gasteiger partial charge on any atom is -0.255 e. The smallest absolute Gasteiger partial charge is 0.0912 e. The number of aromatic nitrogens is 1. The van der Waals surface area contributed by atoms with Crippen LogP contribution in [0.3, 0.4) is 0 Å². The summed E-state index contributed by atoms with van der Waals surface area (Å²) in [6.07, 6.45) is 4.54. The van der Waals surface area contributed by atoms with Gasteiger partial charge in [-0.3, -0.25) is 4.98 Å². The monoisotopic (exact) mass is 164 g/mol.